The number of carbonyl (C=O) groups excluding carboxylic acids is 1. The van der Waals surface area contributed by atoms with Gasteiger partial charge in [-0.1, -0.05) is 41.4 Å². The molecule has 0 heterocycles. The average molecular weight is 526 g/mol. The van der Waals surface area contributed by atoms with Gasteiger partial charge in [0.15, 0.2) is 11.5 Å². The molecular weight excluding hydrogens is 505 g/mol. The number of benzene rings is 3. The van der Waals surface area contributed by atoms with Crippen LogP contribution in [0.3, 0.4) is 0 Å². The number of rotatable bonds is 9. The summed E-state index contributed by atoms with van der Waals surface area (Å²) in [6, 6.07) is 16.2. The van der Waals surface area contributed by atoms with Gasteiger partial charge >= 0.3 is 0 Å². The Morgan fingerprint density at radius 2 is 1.89 bits per heavy atom. The Morgan fingerprint density at radius 1 is 1.14 bits per heavy atom. The van der Waals surface area contributed by atoms with Gasteiger partial charge in [0, 0.05) is 22.8 Å². The number of nitro groups is 1. The maximum atomic E-state index is 12.7. The van der Waals surface area contributed by atoms with Crippen LogP contribution in [0, 0.1) is 28.4 Å². The van der Waals surface area contributed by atoms with Gasteiger partial charge in [-0.15, -0.1) is 0 Å². The summed E-state index contributed by atoms with van der Waals surface area (Å²) in [6.07, 6.45) is 1.38. The molecule has 3 rings (SSSR count). The fourth-order valence-electron chi connectivity index (χ4n) is 3.24. The molecule has 0 atom stereocenters. The van der Waals surface area contributed by atoms with Gasteiger partial charge in [0.05, 0.1) is 16.6 Å². The monoisotopic (exact) mass is 525 g/mol. The lowest BCUT2D eigenvalue weighted by atomic mass is 10.1. The molecule has 0 unspecified atom stereocenters. The molecule has 10 heteroatoms. The Hall–Kier alpha value is -4.06. The highest BCUT2D eigenvalue weighted by molar-refractivity contribution is 6.32. The third kappa shape index (κ3) is 6.54. The standard InChI is InChI=1S/C26H21Cl2N3O5/c1-3-35-24-13-18(10-19(14-29)26(32)30-23-9-5-8-21(27)16(23)2)12-22(28)25(24)36-15-17-6-4-7-20(11-17)31(33)34/h4-13H,3,15H2,1-2H3,(H,30,32)/b19-10+. The maximum absolute atomic E-state index is 12.7. The minimum absolute atomic E-state index is 0.0154. The fourth-order valence-corrected chi connectivity index (χ4v) is 3.69. The quantitative estimate of drug-likeness (QED) is 0.143. The number of carbonyl (C=O) groups is 1. The van der Waals surface area contributed by atoms with Gasteiger partial charge in [0.25, 0.3) is 11.6 Å². The molecule has 0 saturated carbocycles. The molecule has 0 fully saturated rings. The zero-order valence-electron chi connectivity index (χ0n) is 19.4. The van der Waals surface area contributed by atoms with Gasteiger partial charge in [-0.3, -0.25) is 14.9 Å². The maximum Gasteiger partial charge on any atom is 0.269 e. The smallest absolute Gasteiger partial charge is 0.269 e. The summed E-state index contributed by atoms with van der Waals surface area (Å²) in [7, 11) is 0. The van der Waals surface area contributed by atoms with E-state index in [-0.39, 0.29) is 28.6 Å². The number of halogens is 2. The van der Waals surface area contributed by atoms with Gasteiger partial charge in [-0.05, 0) is 60.9 Å². The molecule has 0 aromatic heterocycles. The molecule has 0 spiro atoms. The molecule has 3 aromatic rings. The lowest BCUT2D eigenvalue weighted by molar-refractivity contribution is -0.384. The lowest BCUT2D eigenvalue weighted by Crippen LogP contribution is -2.14. The van der Waals surface area contributed by atoms with Gasteiger partial charge in [-0.25, -0.2) is 0 Å². The number of ether oxygens (including phenoxy) is 2. The molecule has 1 amide bonds. The van der Waals surface area contributed by atoms with E-state index in [9.17, 15) is 20.2 Å². The molecule has 36 heavy (non-hydrogen) atoms. The molecule has 3 aromatic carbocycles. The van der Waals surface area contributed by atoms with Crippen LogP contribution in [0.4, 0.5) is 11.4 Å². The van der Waals surface area contributed by atoms with E-state index in [1.165, 1.54) is 24.3 Å². The first-order valence-electron chi connectivity index (χ1n) is 10.7. The Bertz CT molecular complexity index is 1380. The van der Waals surface area contributed by atoms with Crippen LogP contribution in [-0.2, 0) is 11.4 Å². The van der Waals surface area contributed by atoms with Gasteiger partial charge < -0.3 is 14.8 Å². The minimum atomic E-state index is -0.608. The van der Waals surface area contributed by atoms with Crippen molar-refractivity contribution in [3.05, 3.63) is 97.0 Å². The van der Waals surface area contributed by atoms with E-state index in [0.717, 1.165) is 0 Å². The second-order valence-electron chi connectivity index (χ2n) is 7.52. The highest BCUT2D eigenvalue weighted by Crippen LogP contribution is 2.38. The summed E-state index contributed by atoms with van der Waals surface area (Å²) < 4.78 is 11.5. The number of nitrogens with zero attached hydrogens (tertiary/aromatic N) is 2. The van der Waals surface area contributed by atoms with E-state index >= 15 is 0 Å². The Balaban J connectivity index is 1.86. The van der Waals surface area contributed by atoms with E-state index in [4.69, 9.17) is 32.7 Å². The second-order valence-corrected chi connectivity index (χ2v) is 8.33. The van der Waals surface area contributed by atoms with Crippen LogP contribution in [0.25, 0.3) is 6.08 Å². The molecule has 0 radical (unpaired) electrons. The molecule has 0 saturated heterocycles. The first kappa shape index (κ1) is 26.5. The number of amides is 1. The van der Waals surface area contributed by atoms with E-state index in [1.54, 1.807) is 50.2 Å². The van der Waals surface area contributed by atoms with Crippen molar-refractivity contribution in [3.8, 4) is 17.6 Å². The summed E-state index contributed by atoms with van der Waals surface area (Å²) in [5, 5.41) is 24.0. The molecule has 0 aliphatic carbocycles. The Kier molecular flexibility index (Phi) is 8.90. The highest BCUT2D eigenvalue weighted by atomic mass is 35.5. The van der Waals surface area contributed by atoms with Crippen molar-refractivity contribution in [1.82, 2.24) is 0 Å². The van der Waals surface area contributed by atoms with Gasteiger partial charge in [0.2, 0.25) is 0 Å². The number of non-ortho nitro benzene ring substituents is 1. The predicted molar refractivity (Wildman–Crippen MR) is 138 cm³/mol. The fraction of sp³-hybridized carbons (Fsp3) is 0.154. The topological polar surface area (TPSA) is 114 Å². The first-order valence-corrected chi connectivity index (χ1v) is 11.5. The summed E-state index contributed by atoms with van der Waals surface area (Å²) in [4.78, 5) is 23.3. The van der Waals surface area contributed by atoms with Gasteiger partial charge in [0.1, 0.15) is 18.2 Å². The Morgan fingerprint density at radius 3 is 2.58 bits per heavy atom. The number of nitrogens with one attached hydrogen (secondary N) is 1. The summed E-state index contributed by atoms with van der Waals surface area (Å²) in [5.41, 5.74) is 1.98. The van der Waals surface area contributed by atoms with Crippen LogP contribution in [0.2, 0.25) is 10.0 Å². The zero-order chi connectivity index (χ0) is 26.2. The lowest BCUT2D eigenvalue weighted by Gasteiger charge is -2.15. The summed E-state index contributed by atoms with van der Waals surface area (Å²) in [6.45, 7) is 3.86. The van der Waals surface area contributed by atoms with Crippen molar-refractivity contribution in [1.29, 1.82) is 5.26 Å². The third-order valence-corrected chi connectivity index (χ3v) is 5.72. The van der Waals surface area contributed by atoms with Crippen molar-refractivity contribution >= 4 is 46.6 Å². The molecular formula is C26H21Cl2N3O5. The SMILES string of the molecule is CCOc1cc(/C=C(\C#N)C(=O)Nc2cccc(Cl)c2C)cc(Cl)c1OCc1cccc([N+](=O)[O-])c1. The van der Waals surface area contributed by atoms with Crippen LogP contribution >= 0.6 is 23.2 Å². The van der Waals surface area contributed by atoms with Crippen molar-refractivity contribution < 1.29 is 19.2 Å². The van der Waals surface area contributed by atoms with Gasteiger partial charge in [-0.2, -0.15) is 5.26 Å². The van der Waals surface area contributed by atoms with Crippen LogP contribution in [0.1, 0.15) is 23.6 Å². The van der Waals surface area contributed by atoms with Crippen molar-refractivity contribution in [2.75, 3.05) is 11.9 Å². The van der Waals surface area contributed by atoms with Crippen LogP contribution in [0.15, 0.2) is 60.2 Å². The molecule has 8 nitrogen and oxygen atoms in total. The largest absolute Gasteiger partial charge is 0.490 e. The molecule has 0 bridgehead atoms. The number of hydrogen-bond acceptors (Lipinski definition) is 6. The van der Waals surface area contributed by atoms with Crippen molar-refractivity contribution in [2.45, 2.75) is 20.5 Å². The predicted octanol–water partition coefficient (Wildman–Crippen LogP) is 6.73. The van der Waals surface area contributed by atoms with E-state index in [2.05, 4.69) is 5.32 Å². The molecule has 0 aliphatic heterocycles. The minimum Gasteiger partial charge on any atom is -0.490 e. The highest BCUT2D eigenvalue weighted by Gasteiger charge is 2.16. The molecule has 0 aliphatic rings. The third-order valence-electron chi connectivity index (χ3n) is 5.03. The summed E-state index contributed by atoms with van der Waals surface area (Å²) in [5.74, 6) is -0.0762. The average Bonchev–Trinajstić information content (AvgIpc) is 2.85. The van der Waals surface area contributed by atoms with E-state index in [1.807, 2.05) is 6.07 Å². The number of anilines is 1. The first-order chi connectivity index (χ1) is 17.2. The van der Waals surface area contributed by atoms with E-state index < -0.39 is 10.8 Å². The molecule has 184 valence electrons. The van der Waals surface area contributed by atoms with E-state index in [0.29, 0.717) is 39.8 Å². The molecule has 1 N–H and O–H groups in total. The van der Waals surface area contributed by atoms with Crippen LogP contribution in [0.5, 0.6) is 11.5 Å². The number of hydrogen-bond donors (Lipinski definition) is 1. The number of nitriles is 1. The van der Waals surface area contributed by atoms with Crippen LogP contribution in [-0.4, -0.2) is 17.4 Å². The Labute approximate surface area is 217 Å². The van der Waals surface area contributed by atoms with Crippen molar-refractivity contribution in [2.24, 2.45) is 0 Å². The summed E-state index contributed by atoms with van der Waals surface area (Å²) >= 11 is 12.6. The zero-order valence-corrected chi connectivity index (χ0v) is 20.9. The normalized spacial score (nSPS) is 10.9. The number of nitro benzene ring substituents is 1. The van der Waals surface area contributed by atoms with Crippen LogP contribution < -0.4 is 14.8 Å². The van der Waals surface area contributed by atoms with Crippen molar-refractivity contribution in [3.63, 3.8) is 0 Å². The second kappa shape index (κ2) is 12.1.